The van der Waals surface area contributed by atoms with Crippen molar-refractivity contribution in [3.05, 3.63) is 60.2 Å². The highest BCUT2D eigenvalue weighted by atomic mass is 32.2. The summed E-state index contributed by atoms with van der Waals surface area (Å²) in [6.45, 7) is 3.39. The Kier molecular flexibility index (Phi) is 5.21. The van der Waals surface area contributed by atoms with Crippen molar-refractivity contribution in [1.29, 1.82) is 0 Å². The topological polar surface area (TPSA) is 18.5 Å². The van der Waals surface area contributed by atoms with Crippen molar-refractivity contribution in [3.63, 3.8) is 0 Å². The van der Waals surface area contributed by atoms with Crippen LogP contribution in [-0.2, 0) is 4.08 Å². The molecule has 0 aliphatic carbocycles. The van der Waals surface area contributed by atoms with Crippen molar-refractivity contribution < 1.29 is 9.47 Å². The van der Waals surface area contributed by atoms with E-state index in [1.54, 1.807) is 0 Å². The van der Waals surface area contributed by atoms with Gasteiger partial charge in [0.15, 0.2) is 0 Å². The highest BCUT2D eigenvalue weighted by Crippen LogP contribution is 2.53. The van der Waals surface area contributed by atoms with Crippen molar-refractivity contribution in [1.82, 2.24) is 0 Å². The van der Waals surface area contributed by atoms with Gasteiger partial charge in [0.1, 0.15) is 24.7 Å². The first-order valence-electron chi connectivity index (χ1n) is 7.46. The molecule has 2 nitrogen and oxygen atoms in total. The molecule has 0 N–H and O–H groups in total. The highest BCUT2D eigenvalue weighted by Gasteiger charge is 2.34. The van der Waals surface area contributed by atoms with Gasteiger partial charge in [0, 0.05) is 17.1 Å². The predicted octanol–water partition coefficient (Wildman–Crippen LogP) is 4.80. The van der Waals surface area contributed by atoms with Crippen LogP contribution in [-0.4, -0.2) is 24.7 Å². The first-order chi connectivity index (χ1) is 10.8. The lowest BCUT2D eigenvalue weighted by Gasteiger charge is -2.25. The zero-order chi connectivity index (χ0) is 15.3. The molecule has 2 aromatic carbocycles. The molecule has 0 unspecified atom stereocenters. The Hall–Kier alpha value is -1.26. The maximum atomic E-state index is 5.98. The van der Waals surface area contributed by atoms with E-state index in [0.717, 1.165) is 11.5 Å². The standard InChI is InChI=1S/C18H20O2S2/c1-18(21-13-14-22-18)16-9-5-6-10-17(16)20-12-11-19-15-7-3-2-4-8-15/h2-10H,11-14H2,1H3. The van der Waals surface area contributed by atoms with Gasteiger partial charge < -0.3 is 9.47 Å². The van der Waals surface area contributed by atoms with E-state index in [9.17, 15) is 0 Å². The molecule has 1 saturated heterocycles. The van der Waals surface area contributed by atoms with E-state index >= 15 is 0 Å². The minimum atomic E-state index is 0.108. The van der Waals surface area contributed by atoms with E-state index in [-0.39, 0.29) is 4.08 Å². The summed E-state index contributed by atoms with van der Waals surface area (Å²) in [5, 5.41) is 0. The Bertz CT molecular complexity index is 595. The Morgan fingerprint density at radius 2 is 1.50 bits per heavy atom. The van der Waals surface area contributed by atoms with Gasteiger partial charge >= 0.3 is 0 Å². The molecule has 2 aromatic rings. The lowest BCUT2D eigenvalue weighted by molar-refractivity contribution is 0.216. The molecular formula is C18H20O2S2. The van der Waals surface area contributed by atoms with E-state index in [2.05, 4.69) is 25.1 Å². The monoisotopic (exact) mass is 332 g/mol. The second kappa shape index (κ2) is 7.34. The number of ether oxygens (including phenoxy) is 2. The average molecular weight is 332 g/mol. The maximum Gasteiger partial charge on any atom is 0.124 e. The minimum absolute atomic E-state index is 0.108. The van der Waals surface area contributed by atoms with Crippen molar-refractivity contribution in [2.75, 3.05) is 24.7 Å². The van der Waals surface area contributed by atoms with Gasteiger partial charge in [-0.05, 0) is 25.1 Å². The van der Waals surface area contributed by atoms with Gasteiger partial charge in [-0.15, -0.1) is 23.5 Å². The fourth-order valence-electron chi connectivity index (χ4n) is 2.47. The van der Waals surface area contributed by atoms with Gasteiger partial charge in [-0.3, -0.25) is 0 Å². The lowest BCUT2D eigenvalue weighted by atomic mass is 10.1. The number of para-hydroxylation sites is 2. The fourth-order valence-corrected chi connectivity index (χ4v) is 5.39. The summed E-state index contributed by atoms with van der Waals surface area (Å²) in [4.78, 5) is 0. The molecule has 1 heterocycles. The van der Waals surface area contributed by atoms with Gasteiger partial charge in [-0.2, -0.15) is 0 Å². The van der Waals surface area contributed by atoms with Crippen molar-refractivity contribution in [2.24, 2.45) is 0 Å². The largest absolute Gasteiger partial charge is 0.490 e. The molecule has 3 rings (SSSR count). The van der Waals surface area contributed by atoms with Crippen LogP contribution in [0.1, 0.15) is 12.5 Å². The molecular weight excluding hydrogens is 312 g/mol. The zero-order valence-corrected chi connectivity index (χ0v) is 14.3. The molecule has 0 atom stereocenters. The lowest BCUT2D eigenvalue weighted by Crippen LogP contribution is -2.14. The minimum Gasteiger partial charge on any atom is -0.490 e. The third-order valence-corrected chi connectivity index (χ3v) is 6.89. The SMILES string of the molecule is CC1(c2ccccc2OCCOc2ccccc2)SCCS1. The van der Waals surface area contributed by atoms with Crippen molar-refractivity contribution >= 4 is 23.5 Å². The second-order valence-corrected chi connectivity index (χ2v) is 8.43. The fraction of sp³-hybridized carbons (Fsp3) is 0.333. The molecule has 0 spiro atoms. The second-order valence-electron chi connectivity index (χ2n) is 5.15. The van der Waals surface area contributed by atoms with Crippen LogP contribution < -0.4 is 9.47 Å². The van der Waals surface area contributed by atoms with Crippen LogP contribution in [0.5, 0.6) is 11.5 Å². The molecule has 0 amide bonds. The predicted molar refractivity (Wildman–Crippen MR) is 96.1 cm³/mol. The number of hydrogen-bond acceptors (Lipinski definition) is 4. The third-order valence-electron chi connectivity index (χ3n) is 3.57. The van der Waals surface area contributed by atoms with Gasteiger partial charge in [0.25, 0.3) is 0 Å². The summed E-state index contributed by atoms with van der Waals surface area (Å²) in [7, 11) is 0. The Balaban J connectivity index is 1.59. The van der Waals surface area contributed by atoms with Gasteiger partial charge in [-0.1, -0.05) is 36.4 Å². The zero-order valence-electron chi connectivity index (χ0n) is 12.7. The van der Waals surface area contributed by atoms with Crippen LogP contribution in [0, 0.1) is 0 Å². The molecule has 1 aliphatic heterocycles. The van der Waals surface area contributed by atoms with Crippen molar-refractivity contribution in [3.8, 4) is 11.5 Å². The van der Waals surface area contributed by atoms with Crippen LogP contribution in [0.4, 0.5) is 0 Å². The van der Waals surface area contributed by atoms with E-state index in [0.29, 0.717) is 13.2 Å². The van der Waals surface area contributed by atoms with Crippen molar-refractivity contribution in [2.45, 2.75) is 11.0 Å². The van der Waals surface area contributed by atoms with Gasteiger partial charge in [-0.25, -0.2) is 0 Å². The first-order valence-corrected chi connectivity index (χ1v) is 9.43. The number of rotatable bonds is 6. The van der Waals surface area contributed by atoms with E-state index < -0.39 is 0 Å². The molecule has 116 valence electrons. The molecule has 1 fully saturated rings. The van der Waals surface area contributed by atoms with E-state index in [4.69, 9.17) is 9.47 Å². The summed E-state index contributed by atoms with van der Waals surface area (Å²) in [6.07, 6.45) is 0. The molecule has 0 radical (unpaired) electrons. The molecule has 0 bridgehead atoms. The van der Waals surface area contributed by atoms with E-state index in [1.165, 1.54) is 17.1 Å². The van der Waals surface area contributed by atoms with Crippen LogP contribution in [0.15, 0.2) is 54.6 Å². The quantitative estimate of drug-likeness (QED) is 0.707. The van der Waals surface area contributed by atoms with Crippen LogP contribution in [0.3, 0.4) is 0 Å². The summed E-state index contributed by atoms with van der Waals surface area (Å²) < 4.78 is 11.8. The van der Waals surface area contributed by atoms with Crippen LogP contribution in [0.25, 0.3) is 0 Å². The third kappa shape index (κ3) is 3.73. The van der Waals surface area contributed by atoms with E-state index in [1.807, 2.05) is 59.9 Å². The Labute approximate surface area is 140 Å². The number of benzene rings is 2. The molecule has 0 aromatic heterocycles. The normalized spacial score (nSPS) is 16.4. The number of hydrogen-bond donors (Lipinski definition) is 0. The summed E-state index contributed by atoms with van der Waals surface area (Å²) in [5.41, 5.74) is 1.28. The Morgan fingerprint density at radius 1 is 0.864 bits per heavy atom. The summed E-state index contributed by atoms with van der Waals surface area (Å²) >= 11 is 4.00. The van der Waals surface area contributed by atoms with Gasteiger partial charge in [0.05, 0.1) is 4.08 Å². The Morgan fingerprint density at radius 3 is 2.27 bits per heavy atom. The molecule has 4 heteroatoms. The molecule has 1 aliphatic rings. The first kappa shape index (κ1) is 15.6. The van der Waals surface area contributed by atoms with Gasteiger partial charge in [0.2, 0.25) is 0 Å². The molecule has 22 heavy (non-hydrogen) atoms. The van der Waals surface area contributed by atoms with Crippen LogP contribution >= 0.6 is 23.5 Å². The maximum absolute atomic E-state index is 5.98. The number of thioether (sulfide) groups is 2. The summed E-state index contributed by atoms with van der Waals surface area (Å²) in [6, 6.07) is 18.2. The van der Waals surface area contributed by atoms with Crippen LogP contribution in [0.2, 0.25) is 0 Å². The summed E-state index contributed by atoms with van der Waals surface area (Å²) in [5.74, 6) is 4.26. The highest BCUT2D eigenvalue weighted by molar-refractivity contribution is 8.20. The molecule has 0 saturated carbocycles. The smallest absolute Gasteiger partial charge is 0.124 e. The average Bonchev–Trinajstić information content (AvgIpc) is 3.01.